The molecule has 12 heavy (non-hydrogen) atoms. The molecule has 0 aromatic rings. The number of aliphatic imine (C=N–C) groups is 1. The van der Waals surface area contributed by atoms with Gasteiger partial charge in [-0.1, -0.05) is 27.7 Å². The minimum atomic E-state index is 0.368. The van der Waals surface area contributed by atoms with Crippen molar-refractivity contribution < 1.29 is 0 Å². The average molecular weight is 170 g/mol. The molecule has 0 amide bonds. The van der Waals surface area contributed by atoms with Gasteiger partial charge in [-0.05, 0) is 19.3 Å². The summed E-state index contributed by atoms with van der Waals surface area (Å²) in [5.41, 5.74) is 5.74. The Morgan fingerprint density at radius 1 is 1.17 bits per heavy atom. The topological polar surface area (TPSA) is 38.4 Å². The van der Waals surface area contributed by atoms with Gasteiger partial charge < -0.3 is 5.73 Å². The van der Waals surface area contributed by atoms with Gasteiger partial charge in [-0.2, -0.15) is 0 Å². The maximum absolute atomic E-state index is 5.74. The second-order valence-corrected chi connectivity index (χ2v) is 4.19. The first-order valence-corrected chi connectivity index (χ1v) is 4.76. The number of nitrogens with zero attached hydrogens (tertiary/aromatic N) is 1. The Bertz CT molecular complexity index is 148. The highest BCUT2D eigenvalue weighted by atomic mass is 14.9. The van der Waals surface area contributed by atoms with Crippen LogP contribution in [0.5, 0.6) is 0 Å². The summed E-state index contributed by atoms with van der Waals surface area (Å²) in [5, 5.41) is 0. The Balaban J connectivity index is 3.96. The van der Waals surface area contributed by atoms with Crippen LogP contribution in [0.3, 0.4) is 0 Å². The highest BCUT2D eigenvalue weighted by molar-refractivity contribution is 5.82. The van der Waals surface area contributed by atoms with Gasteiger partial charge >= 0.3 is 0 Å². The fourth-order valence-corrected chi connectivity index (χ4v) is 1.14. The lowest BCUT2D eigenvalue weighted by Gasteiger charge is -2.12. The molecule has 0 saturated heterocycles. The quantitative estimate of drug-likeness (QED) is 0.511. The van der Waals surface area contributed by atoms with E-state index in [0.717, 1.165) is 12.3 Å². The molecule has 0 heterocycles. The minimum Gasteiger partial charge on any atom is -0.387 e. The van der Waals surface area contributed by atoms with E-state index in [9.17, 15) is 0 Å². The van der Waals surface area contributed by atoms with Crippen molar-refractivity contribution in [1.82, 2.24) is 0 Å². The van der Waals surface area contributed by atoms with Crippen molar-refractivity contribution in [2.75, 3.05) is 0 Å². The number of amidine groups is 1. The number of hydrogen-bond donors (Lipinski definition) is 1. The maximum Gasteiger partial charge on any atom is 0.0966 e. The molecule has 0 fully saturated rings. The first kappa shape index (κ1) is 11.5. The second kappa shape index (κ2) is 5.18. The van der Waals surface area contributed by atoms with Crippen LogP contribution in [0, 0.1) is 11.8 Å². The molecule has 0 aliphatic rings. The first-order chi connectivity index (χ1) is 5.43. The summed E-state index contributed by atoms with van der Waals surface area (Å²) in [6, 6.07) is 0.368. The molecule has 0 rings (SSSR count). The van der Waals surface area contributed by atoms with E-state index in [2.05, 4.69) is 39.6 Å². The lowest BCUT2D eigenvalue weighted by Crippen LogP contribution is -2.21. The fourth-order valence-electron chi connectivity index (χ4n) is 1.14. The molecule has 72 valence electrons. The summed E-state index contributed by atoms with van der Waals surface area (Å²) in [4.78, 5) is 4.41. The second-order valence-electron chi connectivity index (χ2n) is 4.19. The Morgan fingerprint density at radius 2 is 1.67 bits per heavy atom. The van der Waals surface area contributed by atoms with Crippen LogP contribution in [0.2, 0.25) is 0 Å². The molecular formula is C10H22N2. The van der Waals surface area contributed by atoms with E-state index in [1.165, 1.54) is 0 Å². The maximum atomic E-state index is 5.74. The normalized spacial score (nSPS) is 15.8. The predicted octanol–water partition coefficient (Wildman–Crippen LogP) is 2.43. The summed E-state index contributed by atoms with van der Waals surface area (Å²) < 4.78 is 0. The van der Waals surface area contributed by atoms with Crippen molar-refractivity contribution in [1.29, 1.82) is 0 Å². The Kier molecular flexibility index (Phi) is 4.95. The SMILES string of the molecule is CC(C)CC(C)N=C(N)C(C)C. The van der Waals surface area contributed by atoms with Gasteiger partial charge in [0.2, 0.25) is 0 Å². The third-order valence-electron chi connectivity index (χ3n) is 1.77. The van der Waals surface area contributed by atoms with Crippen LogP contribution < -0.4 is 5.73 Å². The van der Waals surface area contributed by atoms with E-state index in [1.54, 1.807) is 0 Å². The van der Waals surface area contributed by atoms with E-state index in [1.807, 2.05) is 0 Å². The highest BCUT2D eigenvalue weighted by Crippen LogP contribution is 2.08. The van der Waals surface area contributed by atoms with Gasteiger partial charge in [0.25, 0.3) is 0 Å². The molecule has 2 N–H and O–H groups in total. The van der Waals surface area contributed by atoms with Crippen molar-refractivity contribution >= 4 is 5.84 Å². The van der Waals surface area contributed by atoms with Gasteiger partial charge in [-0.15, -0.1) is 0 Å². The van der Waals surface area contributed by atoms with E-state index in [4.69, 9.17) is 5.73 Å². The standard InChI is InChI=1S/C10H22N2/c1-7(2)6-9(5)12-10(11)8(3)4/h7-9H,6H2,1-5H3,(H2,11,12). The van der Waals surface area contributed by atoms with Crippen LogP contribution in [-0.2, 0) is 0 Å². The van der Waals surface area contributed by atoms with E-state index in [-0.39, 0.29) is 0 Å². The Hall–Kier alpha value is -0.530. The largest absolute Gasteiger partial charge is 0.387 e. The smallest absolute Gasteiger partial charge is 0.0966 e. The van der Waals surface area contributed by atoms with Crippen LogP contribution in [0.25, 0.3) is 0 Å². The van der Waals surface area contributed by atoms with Crippen LogP contribution in [0.15, 0.2) is 4.99 Å². The van der Waals surface area contributed by atoms with Gasteiger partial charge in [0.15, 0.2) is 0 Å². The first-order valence-electron chi connectivity index (χ1n) is 4.76. The lowest BCUT2D eigenvalue weighted by atomic mass is 10.1. The summed E-state index contributed by atoms with van der Waals surface area (Å²) in [7, 11) is 0. The Morgan fingerprint density at radius 3 is 2.00 bits per heavy atom. The number of nitrogens with two attached hydrogens (primary N) is 1. The highest BCUT2D eigenvalue weighted by Gasteiger charge is 2.05. The number of hydrogen-bond acceptors (Lipinski definition) is 1. The minimum absolute atomic E-state index is 0.368. The van der Waals surface area contributed by atoms with Gasteiger partial charge in [-0.25, -0.2) is 0 Å². The molecule has 0 radical (unpaired) electrons. The molecule has 0 aliphatic carbocycles. The van der Waals surface area contributed by atoms with Gasteiger partial charge in [0.1, 0.15) is 0 Å². The molecule has 0 spiro atoms. The average Bonchev–Trinajstić information content (AvgIpc) is 1.84. The third kappa shape index (κ3) is 5.16. The van der Waals surface area contributed by atoms with E-state index < -0.39 is 0 Å². The summed E-state index contributed by atoms with van der Waals surface area (Å²) >= 11 is 0. The molecule has 0 aromatic heterocycles. The van der Waals surface area contributed by atoms with Gasteiger partial charge in [-0.3, -0.25) is 4.99 Å². The zero-order valence-electron chi connectivity index (χ0n) is 8.96. The molecule has 2 nitrogen and oxygen atoms in total. The summed E-state index contributed by atoms with van der Waals surface area (Å²) in [5.74, 6) is 1.85. The molecule has 0 bridgehead atoms. The van der Waals surface area contributed by atoms with E-state index >= 15 is 0 Å². The zero-order valence-corrected chi connectivity index (χ0v) is 8.96. The van der Waals surface area contributed by atoms with Crippen LogP contribution >= 0.6 is 0 Å². The van der Waals surface area contributed by atoms with Crippen molar-refractivity contribution in [3.63, 3.8) is 0 Å². The van der Waals surface area contributed by atoms with Crippen LogP contribution in [-0.4, -0.2) is 11.9 Å². The molecule has 1 unspecified atom stereocenters. The monoisotopic (exact) mass is 170 g/mol. The molecule has 1 atom stereocenters. The Labute approximate surface area is 76.3 Å². The molecule has 2 heteroatoms. The van der Waals surface area contributed by atoms with Crippen LogP contribution in [0.1, 0.15) is 41.0 Å². The summed E-state index contributed by atoms with van der Waals surface area (Å²) in [6.07, 6.45) is 1.12. The molecule has 0 aliphatic heterocycles. The van der Waals surface area contributed by atoms with Crippen LogP contribution in [0.4, 0.5) is 0 Å². The van der Waals surface area contributed by atoms with Crippen molar-refractivity contribution in [2.24, 2.45) is 22.6 Å². The zero-order chi connectivity index (χ0) is 9.72. The number of rotatable bonds is 4. The fraction of sp³-hybridized carbons (Fsp3) is 0.900. The van der Waals surface area contributed by atoms with Crippen molar-refractivity contribution in [2.45, 2.75) is 47.1 Å². The molecular weight excluding hydrogens is 148 g/mol. The lowest BCUT2D eigenvalue weighted by molar-refractivity contribution is 0.519. The molecule has 0 saturated carbocycles. The third-order valence-corrected chi connectivity index (χ3v) is 1.77. The summed E-state index contributed by atoms with van der Waals surface area (Å²) in [6.45, 7) is 10.7. The van der Waals surface area contributed by atoms with E-state index in [0.29, 0.717) is 17.9 Å². The van der Waals surface area contributed by atoms with Gasteiger partial charge in [0, 0.05) is 12.0 Å². The van der Waals surface area contributed by atoms with Crippen molar-refractivity contribution in [3.05, 3.63) is 0 Å². The van der Waals surface area contributed by atoms with Gasteiger partial charge in [0.05, 0.1) is 5.84 Å². The van der Waals surface area contributed by atoms with Crippen molar-refractivity contribution in [3.8, 4) is 0 Å². The predicted molar refractivity (Wildman–Crippen MR) is 55.4 cm³/mol. The molecule has 0 aromatic carbocycles.